The van der Waals surface area contributed by atoms with E-state index in [1.54, 1.807) is 24.4 Å². The maximum atomic E-state index is 12.0. The van der Waals surface area contributed by atoms with Crippen LogP contribution in [0.25, 0.3) is 11.4 Å². The highest BCUT2D eigenvalue weighted by molar-refractivity contribution is 6.04. The van der Waals surface area contributed by atoms with E-state index < -0.39 is 6.09 Å². The number of carbonyl (C=O) groups is 1. The Labute approximate surface area is 143 Å². The lowest BCUT2D eigenvalue weighted by molar-refractivity contribution is 0.170. The van der Waals surface area contributed by atoms with E-state index in [0.29, 0.717) is 22.7 Å². The molecule has 8 heteroatoms. The smallest absolute Gasteiger partial charge is 0.412 e. The molecule has 2 aromatic heterocycles. The summed E-state index contributed by atoms with van der Waals surface area (Å²) in [5, 5.41) is 9.62. The van der Waals surface area contributed by atoms with Crippen molar-refractivity contribution in [2.24, 2.45) is 10.7 Å². The van der Waals surface area contributed by atoms with Gasteiger partial charge >= 0.3 is 6.09 Å². The van der Waals surface area contributed by atoms with Crippen LogP contribution in [0.2, 0.25) is 0 Å². The highest BCUT2D eigenvalue weighted by Crippen LogP contribution is 2.33. The highest BCUT2D eigenvalue weighted by atomic mass is 16.4. The molecule has 0 unspecified atom stereocenters. The number of hydrogen-bond donors (Lipinski definition) is 2. The molecular formula is C17H18N4O4. The molecule has 0 spiro atoms. The summed E-state index contributed by atoms with van der Waals surface area (Å²) in [4.78, 5) is 29.2. The van der Waals surface area contributed by atoms with E-state index >= 15 is 0 Å². The van der Waals surface area contributed by atoms with Crippen molar-refractivity contribution in [3.05, 3.63) is 58.4 Å². The fraction of sp³-hybridized carbons (Fsp3) is 0.235. The van der Waals surface area contributed by atoms with Crippen LogP contribution >= 0.6 is 0 Å². The van der Waals surface area contributed by atoms with Crippen molar-refractivity contribution in [1.29, 1.82) is 0 Å². The van der Waals surface area contributed by atoms with Crippen molar-refractivity contribution in [2.75, 3.05) is 6.54 Å². The monoisotopic (exact) mass is 342 g/mol. The molecular weight excluding hydrogens is 324 g/mol. The van der Waals surface area contributed by atoms with Crippen molar-refractivity contribution in [3.63, 3.8) is 0 Å². The van der Waals surface area contributed by atoms with Gasteiger partial charge in [0.1, 0.15) is 11.5 Å². The fourth-order valence-electron chi connectivity index (χ4n) is 2.69. The summed E-state index contributed by atoms with van der Waals surface area (Å²) >= 11 is 0. The molecule has 0 fully saturated rings. The van der Waals surface area contributed by atoms with Crippen molar-refractivity contribution >= 4 is 23.3 Å². The minimum atomic E-state index is -1.17. The van der Waals surface area contributed by atoms with Gasteiger partial charge in [-0.3, -0.25) is 9.69 Å². The average Bonchev–Trinajstić information content (AvgIpc) is 3.08. The normalized spacial score (nSPS) is 14.8. The summed E-state index contributed by atoms with van der Waals surface area (Å²) in [5.41, 5.74) is 6.82. The number of aliphatic imine (C=N–C) groups is 1. The van der Waals surface area contributed by atoms with E-state index in [4.69, 9.17) is 10.2 Å². The van der Waals surface area contributed by atoms with Gasteiger partial charge < -0.3 is 19.8 Å². The van der Waals surface area contributed by atoms with Gasteiger partial charge in [-0.15, -0.1) is 0 Å². The molecule has 0 bridgehead atoms. The lowest BCUT2D eigenvalue weighted by atomic mass is 10.1. The van der Waals surface area contributed by atoms with Gasteiger partial charge in [0.05, 0.1) is 18.5 Å². The van der Waals surface area contributed by atoms with Crippen LogP contribution in [0, 0.1) is 0 Å². The van der Waals surface area contributed by atoms with Crippen LogP contribution in [0.15, 0.2) is 50.9 Å². The van der Waals surface area contributed by atoms with E-state index in [1.807, 2.05) is 13.8 Å². The second kappa shape index (κ2) is 6.31. The van der Waals surface area contributed by atoms with Crippen LogP contribution in [-0.2, 0) is 0 Å². The predicted octanol–water partition coefficient (Wildman–Crippen LogP) is 2.20. The Balaban J connectivity index is 2.29. The van der Waals surface area contributed by atoms with Crippen LogP contribution in [0.5, 0.6) is 0 Å². The number of amidine groups is 1. The summed E-state index contributed by atoms with van der Waals surface area (Å²) in [6, 6.07) is 6.27. The maximum Gasteiger partial charge on any atom is 0.412 e. The topological polar surface area (TPSA) is 114 Å². The van der Waals surface area contributed by atoms with Gasteiger partial charge in [-0.1, -0.05) is 0 Å². The Morgan fingerprint density at radius 2 is 2.12 bits per heavy atom. The van der Waals surface area contributed by atoms with Crippen molar-refractivity contribution in [3.8, 4) is 0 Å². The van der Waals surface area contributed by atoms with Gasteiger partial charge in [0.25, 0.3) is 5.56 Å². The molecule has 0 saturated heterocycles. The first-order valence-electron chi connectivity index (χ1n) is 7.72. The first-order valence-corrected chi connectivity index (χ1v) is 7.72. The molecule has 0 aliphatic carbocycles. The average molecular weight is 342 g/mol. The number of hydrogen-bond acceptors (Lipinski definition) is 5. The Morgan fingerprint density at radius 3 is 2.72 bits per heavy atom. The molecule has 1 amide bonds. The summed E-state index contributed by atoms with van der Waals surface area (Å²) in [7, 11) is 0. The van der Waals surface area contributed by atoms with Gasteiger partial charge in [-0.2, -0.15) is 0 Å². The van der Waals surface area contributed by atoms with Gasteiger partial charge in [0.2, 0.25) is 0 Å². The zero-order valence-electron chi connectivity index (χ0n) is 13.8. The third-order valence-electron chi connectivity index (χ3n) is 3.82. The van der Waals surface area contributed by atoms with E-state index in [2.05, 4.69) is 4.99 Å². The van der Waals surface area contributed by atoms with Crippen molar-refractivity contribution < 1.29 is 14.3 Å². The number of nitrogens with two attached hydrogens (primary N) is 1. The minimum Gasteiger partial charge on any atom is -0.465 e. The fourth-order valence-corrected chi connectivity index (χ4v) is 2.69. The Bertz CT molecular complexity index is 922. The van der Waals surface area contributed by atoms with Gasteiger partial charge in [0, 0.05) is 23.9 Å². The van der Waals surface area contributed by atoms with Gasteiger partial charge in [-0.25, -0.2) is 9.79 Å². The lowest BCUT2D eigenvalue weighted by Crippen LogP contribution is -2.39. The van der Waals surface area contributed by atoms with Crippen LogP contribution in [0.3, 0.4) is 0 Å². The highest BCUT2D eigenvalue weighted by Gasteiger charge is 2.29. The van der Waals surface area contributed by atoms with Gasteiger partial charge in [0.15, 0.2) is 5.76 Å². The van der Waals surface area contributed by atoms with E-state index in [-0.39, 0.29) is 24.0 Å². The second-order valence-electron chi connectivity index (χ2n) is 5.90. The number of furan rings is 1. The third kappa shape index (κ3) is 3.06. The SMILES string of the molecule is CC(C)n1cc(C2=C(c3ccco3)N=C(N)CN2C(=O)O)ccc1=O. The van der Waals surface area contributed by atoms with E-state index in [0.717, 1.165) is 4.90 Å². The molecule has 25 heavy (non-hydrogen) atoms. The second-order valence-corrected chi connectivity index (χ2v) is 5.90. The number of nitrogens with zero attached hydrogens (tertiary/aromatic N) is 3. The van der Waals surface area contributed by atoms with Crippen LogP contribution in [0.1, 0.15) is 31.2 Å². The number of pyridine rings is 1. The number of amides is 1. The Kier molecular flexibility index (Phi) is 4.18. The molecule has 8 nitrogen and oxygen atoms in total. The van der Waals surface area contributed by atoms with Crippen LogP contribution in [-0.4, -0.2) is 33.0 Å². The van der Waals surface area contributed by atoms with Crippen molar-refractivity contribution in [2.45, 2.75) is 19.9 Å². The first-order chi connectivity index (χ1) is 11.9. The molecule has 130 valence electrons. The zero-order chi connectivity index (χ0) is 18.1. The van der Waals surface area contributed by atoms with E-state index in [9.17, 15) is 14.7 Å². The predicted molar refractivity (Wildman–Crippen MR) is 93.0 cm³/mol. The molecule has 1 aliphatic heterocycles. The first kappa shape index (κ1) is 16.6. The Hall–Kier alpha value is -3.29. The molecule has 0 radical (unpaired) electrons. The van der Waals surface area contributed by atoms with Crippen molar-refractivity contribution in [1.82, 2.24) is 9.47 Å². The summed E-state index contributed by atoms with van der Waals surface area (Å²) in [6.45, 7) is 3.69. The zero-order valence-corrected chi connectivity index (χ0v) is 13.8. The standard InChI is InChI=1S/C17H18N4O4/c1-10(2)20-8-11(5-6-14(20)22)16-15(12-4-3-7-25-12)19-13(18)9-21(16)17(23)24/h3-8,10H,9H2,1-2H3,(H2,18,19)(H,23,24). The van der Waals surface area contributed by atoms with E-state index in [1.165, 1.54) is 16.9 Å². The molecule has 3 N–H and O–H groups in total. The molecule has 0 saturated carbocycles. The third-order valence-corrected chi connectivity index (χ3v) is 3.82. The summed E-state index contributed by atoms with van der Waals surface area (Å²) in [5.74, 6) is 0.556. The van der Waals surface area contributed by atoms with Gasteiger partial charge in [-0.05, 0) is 32.0 Å². The largest absolute Gasteiger partial charge is 0.465 e. The Morgan fingerprint density at radius 1 is 1.36 bits per heavy atom. The summed E-state index contributed by atoms with van der Waals surface area (Å²) < 4.78 is 6.93. The maximum absolute atomic E-state index is 12.0. The minimum absolute atomic E-state index is 0.0598. The molecule has 3 rings (SSSR count). The molecule has 0 aromatic carbocycles. The number of aromatic nitrogens is 1. The molecule has 3 heterocycles. The van der Waals surface area contributed by atoms with Crippen LogP contribution < -0.4 is 11.3 Å². The quantitative estimate of drug-likeness (QED) is 0.887. The number of rotatable bonds is 3. The lowest BCUT2D eigenvalue weighted by Gasteiger charge is -2.28. The number of carboxylic acid groups (broad SMARTS) is 1. The summed E-state index contributed by atoms with van der Waals surface area (Å²) in [6.07, 6.45) is 1.93. The van der Waals surface area contributed by atoms with Crippen LogP contribution in [0.4, 0.5) is 4.79 Å². The molecule has 1 aliphatic rings. The molecule has 0 atom stereocenters. The molecule has 2 aromatic rings.